The van der Waals surface area contributed by atoms with Crippen LogP contribution in [0.3, 0.4) is 0 Å². The third-order valence-electron chi connectivity index (χ3n) is 4.37. The summed E-state index contributed by atoms with van der Waals surface area (Å²) in [5.41, 5.74) is 1.82. The summed E-state index contributed by atoms with van der Waals surface area (Å²) in [4.78, 5) is 11.1. The van der Waals surface area contributed by atoms with E-state index in [9.17, 15) is 9.18 Å². The van der Waals surface area contributed by atoms with Gasteiger partial charge in [-0.15, -0.1) is 0 Å². The Morgan fingerprint density at radius 3 is 1.79 bits per heavy atom. The first-order valence-electron chi connectivity index (χ1n) is 11.3. The van der Waals surface area contributed by atoms with E-state index in [0.29, 0.717) is 5.78 Å². The Labute approximate surface area is 176 Å². The Morgan fingerprint density at radius 1 is 0.964 bits per heavy atom. The average Bonchev–Trinajstić information content (AvgIpc) is 2.66. The summed E-state index contributed by atoms with van der Waals surface area (Å²) in [6.45, 7) is 22.5. The minimum absolute atomic E-state index is 0.124. The predicted molar refractivity (Wildman–Crippen MR) is 126 cm³/mol. The van der Waals surface area contributed by atoms with E-state index in [4.69, 9.17) is 0 Å². The van der Waals surface area contributed by atoms with Gasteiger partial charge in [-0.2, -0.15) is 0 Å². The van der Waals surface area contributed by atoms with Crippen LogP contribution in [0, 0.1) is 37.4 Å². The molecule has 0 saturated heterocycles. The fourth-order valence-corrected chi connectivity index (χ4v) is 2.37. The molecular weight excluding hydrogens is 347 g/mol. The number of carbonyl (C=O) groups excluding carboxylic acids is 1. The molecule has 2 heteroatoms. The highest BCUT2D eigenvalue weighted by molar-refractivity contribution is 5.82. The predicted octanol–water partition coefficient (Wildman–Crippen LogP) is 8.95. The molecule has 0 heterocycles. The zero-order valence-corrected chi connectivity index (χ0v) is 20.8. The van der Waals surface area contributed by atoms with Crippen molar-refractivity contribution in [3.05, 3.63) is 35.1 Å². The normalized spacial score (nSPS) is 10.8. The summed E-state index contributed by atoms with van der Waals surface area (Å²) in [7, 11) is 0. The van der Waals surface area contributed by atoms with Gasteiger partial charge in [0.2, 0.25) is 0 Å². The van der Waals surface area contributed by atoms with Crippen molar-refractivity contribution in [1.82, 2.24) is 0 Å². The summed E-state index contributed by atoms with van der Waals surface area (Å²) in [5, 5.41) is 0. The fourth-order valence-electron chi connectivity index (χ4n) is 2.37. The van der Waals surface area contributed by atoms with Gasteiger partial charge in [0.05, 0.1) is 0 Å². The van der Waals surface area contributed by atoms with Gasteiger partial charge in [-0.25, -0.2) is 4.39 Å². The van der Waals surface area contributed by atoms with Crippen molar-refractivity contribution in [1.29, 1.82) is 0 Å². The van der Waals surface area contributed by atoms with Gasteiger partial charge < -0.3 is 0 Å². The second kappa shape index (κ2) is 20.6. The molecule has 28 heavy (non-hydrogen) atoms. The molecule has 0 saturated carbocycles. The van der Waals surface area contributed by atoms with E-state index in [1.165, 1.54) is 31.7 Å². The summed E-state index contributed by atoms with van der Waals surface area (Å²) in [6.07, 6.45) is 6.57. The molecule has 1 aromatic carbocycles. The number of carbonyl (C=O) groups is 1. The Balaban J connectivity index is -0.000000321. The number of hydrogen-bond acceptors (Lipinski definition) is 1. The third-order valence-corrected chi connectivity index (χ3v) is 4.37. The van der Waals surface area contributed by atoms with Crippen LogP contribution < -0.4 is 0 Å². The van der Waals surface area contributed by atoms with Gasteiger partial charge >= 0.3 is 0 Å². The summed E-state index contributed by atoms with van der Waals surface area (Å²) in [5.74, 6) is 1.63. The Morgan fingerprint density at radius 2 is 1.50 bits per heavy atom. The molecule has 0 aliphatic heterocycles. The molecule has 0 amide bonds. The molecule has 1 unspecified atom stereocenters. The van der Waals surface area contributed by atoms with Crippen LogP contribution in [0.1, 0.15) is 106 Å². The van der Waals surface area contributed by atoms with Crippen molar-refractivity contribution in [2.24, 2.45) is 17.8 Å². The average molecular weight is 397 g/mol. The second-order valence-electron chi connectivity index (χ2n) is 8.01. The van der Waals surface area contributed by atoms with E-state index >= 15 is 0 Å². The largest absolute Gasteiger partial charge is 0.299 e. The molecule has 0 N–H and O–H groups in total. The maximum absolute atomic E-state index is 12.5. The molecule has 0 aromatic heterocycles. The highest BCUT2D eigenvalue weighted by Gasteiger charge is 2.13. The van der Waals surface area contributed by atoms with Crippen molar-refractivity contribution in [3.63, 3.8) is 0 Å². The first-order valence-corrected chi connectivity index (χ1v) is 11.3. The molecule has 0 aliphatic rings. The molecule has 0 aliphatic carbocycles. The van der Waals surface area contributed by atoms with Gasteiger partial charge in [-0.05, 0) is 37.8 Å². The SMILES string of the molecule is CC.CCC(C)C(=O)C(C)C.CCCCCC(C)C.Cc1ccc(F)c(C)c1. The first-order chi connectivity index (χ1) is 13.1. The molecule has 0 fully saturated rings. The van der Waals surface area contributed by atoms with E-state index in [1.54, 1.807) is 13.0 Å². The monoisotopic (exact) mass is 396 g/mol. The smallest absolute Gasteiger partial charge is 0.138 e. The van der Waals surface area contributed by atoms with Crippen LogP contribution in [0.15, 0.2) is 18.2 Å². The highest BCUT2D eigenvalue weighted by Crippen LogP contribution is 2.09. The second-order valence-corrected chi connectivity index (χ2v) is 8.01. The number of benzene rings is 1. The van der Waals surface area contributed by atoms with Crippen molar-refractivity contribution >= 4 is 5.78 Å². The number of ketones is 1. The van der Waals surface area contributed by atoms with Crippen molar-refractivity contribution in [3.8, 4) is 0 Å². The van der Waals surface area contributed by atoms with Crippen LogP contribution in [0.25, 0.3) is 0 Å². The Kier molecular flexibility index (Phi) is 23.1. The lowest BCUT2D eigenvalue weighted by Gasteiger charge is -2.08. The van der Waals surface area contributed by atoms with Crippen molar-refractivity contribution in [2.45, 2.75) is 108 Å². The Hall–Kier alpha value is -1.18. The zero-order valence-electron chi connectivity index (χ0n) is 20.8. The first kappa shape index (κ1) is 31.5. The van der Waals surface area contributed by atoms with E-state index < -0.39 is 0 Å². The van der Waals surface area contributed by atoms with Gasteiger partial charge in [-0.3, -0.25) is 4.79 Å². The lowest BCUT2D eigenvalue weighted by Crippen LogP contribution is -2.15. The van der Waals surface area contributed by atoms with Crippen LogP contribution in [-0.4, -0.2) is 5.78 Å². The van der Waals surface area contributed by atoms with Crippen molar-refractivity contribution < 1.29 is 9.18 Å². The van der Waals surface area contributed by atoms with Crippen molar-refractivity contribution in [2.75, 3.05) is 0 Å². The van der Waals surface area contributed by atoms with E-state index in [-0.39, 0.29) is 17.7 Å². The molecule has 0 bridgehead atoms. The number of aryl methyl sites for hydroxylation is 2. The molecule has 1 aromatic rings. The zero-order chi connectivity index (χ0) is 22.7. The topological polar surface area (TPSA) is 17.1 Å². The number of Topliss-reactive ketones (excluding diaryl/α,β-unsaturated/α-hetero) is 1. The minimum Gasteiger partial charge on any atom is -0.299 e. The highest BCUT2D eigenvalue weighted by atomic mass is 19.1. The summed E-state index contributed by atoms with van der Waals surface area (Å²) >= 11 is 0. The molecule has 1 rings (SSSR count). The number of rotatable bonds is 7. The van der Waals surface area contributed by atoms with Gasteiger partial charge in [0, 0.05) is 11.8 Å². The van der Waals surface area contributed by atoms with Crippen LogP contribution in [0.2, 0.25) is 0 Å². The maximum Gasteiger partial charge on any atom is 0.138 e. The number of hydrogen-bond donors (Lipinski definition) is 0. The summed E-state index contributed by atoms with van der Waals surface area (Å²) < 4.78 is 12.5. The number of halogens is 1. The van der Waals surface area contributed by atoms with Crippen LogP contribution in [0.5, 0.6) is 0 Å². The van der Waals surface area contributed by atoms with E-state index in [1.807, 2.05) is 54.5 Å². The summed E-state index contributed by atoms with van der Waals surface area (Å²) in [6, 6.07) is 5.09. The van der Waals surface area contributed by atoms with E-state index in [2.05, 4.69) is 20.8 Å². The molecular formula is C26H49FO. The van der Waals surface area contributed by atoms with Crippen LogP contribution in [0.4, 0.5) is 4.39 Å². The van der Waals surface area contributed by atoms with Gasteiger partial charge in [0.15, 0.2) is 0 Å². The van der Waals surface area contributed by atoms with Crippen LogP contribution >= 0.6 is 0 Å². The molecule has 1 atom stereocenters. The Bertz CT molecular complexity index is 477. The third kappa shape index (κ3) is 19.6. The fraction of sp³-hybridized carbons (Fsp3) is 0.731. The lowest BCUT2D eigenvalue weighted by molar-refractivity contribution is -0.125. The lowest BCUT2D eigenvalue weighted by atomic mass is 9.95. The quantitative estimate of drug-likeness (QED) is 0.420. The molecule has 166 valence electrons. The van der Waals surface area contributed by atoms with Crippen LogP contribution in [-0.2, 0) is 4.79 Å². The standard InChI is InChI=1S/C8H9F.C8H16O.C8H18.C2H6/c1-6-3-4-8(9)7(2)5-6;1-5-7(4)8(9)6(2)3;1-4-5-6-7-8(2)3;1-2/h3-5H,1-2H3;6-7H,5H2,1-4H3;8H,4-7H2,1-3H3;1-2H3. The molecule has 1 nitrogen and oxygen atoms in total. The van der Waals surface area contributed by atoms with Gasteiger partial charge in [-0.1, -0.05) is 106 Å². The molecule has 0 radical (unpaired) electrons. The number of unbranched alkanes of at least 4 members (excludes halogenated alkanes) is 2. The van der Waals surface area contributed by atoms with Gasteiger partial charge in [0.25, 0.3) is 0 Å². The minimum atomic E-state index is -0.124. The van der Waals surface area contributed by atoms with E-state index in [0.717, 1.165) is 23.5 Å². The maximum atomic E-state index is 12.5. The van der Waals surface area contributed by atoms with Gasteiger partial charge in [0.1, 0.15) is 11.6 Å². The molecule has 0 spiro atoms.